The van der Waals surface area contributed by atoms with Crippen molar-refractivity contribution in [2.24, 2.45) is 0 Å². The lowest BCUT2D eigenvalue weighted by molar-refractivity contribution is -0.138. The fourth-order valence-electron chi connectivity index (χ4n) is 2.77. The van der Waals surface area contributed by atoms with Crippen LogP contribution in [0, 0.1) is 0 Å². The summed E-state index contributed by atoms with van der Waals surface area (Å²) in [6, 6.07) is 7.32. The molecule has 0 atom stereocenters. The molecule has 0 aliphatic carbocycles. The molecule has 1 aliphatic heterocycles. The summed E-state index contributed by atoms with van der Waals surface area (Å²) < 4.78 is 0. The molecule has 10 heteroatoms. The van der Waals surface area contributed by atoms with Crippen molar-refractivity contribution in [2.45, 2.75) is 13.0 Å². The summed E-state index contributed by atoms with van der Waals surface area (Å²) in [5.41, 5.74) is 1.26. The monoisotopic (exact) mass is 403 g/mol. The maximum atomic E-state index is 12.6. The number of thiazole rings is 1. The van der Waals surface area contributed by atoms with Gasteiger partial charge in [0.2, 0.25) is 0 Å². The third-order valence-corrected chi connectivity index (χ3v) is 4.99. The number of aliphatic hydroxyl groups is 1. The fourth-order valence-corrected chi connectivity index (χ4v) is 3.43. The molecule has 1 aromatic carbocycles. The second-order valence-electron chi connectivity index (χ2n) is 6.08. The van der Waals surface area contributed by atoms with Gasteiger partial charge in [-0.3, -0.25) is 14.4 Å². The highest BCUT2D eigenvalue weighted by Gasteiger charge is 2.32. The fraction of sp³-hybridized carbons (Fsp3) is 0.222. The number of aromatic nitrogens is 1. The van der Waals surface area contributed by atoms with Crippen LogP contribution in [0.2, 0.25) is 0 Å². The smallest absolute Gasteiger partial charge is 0.322 e. The number of nitrogens with one attached hydrogen (secondary N) is 1. The zero-order chi connectivity index (χ0) is 20.3. The molecule has 0 radical (unpaired) electrons. The van der Waals surface area contributed by atoms with Crippen LogP contribution in [0.4, 0.5) is 0 Å². The second-order valence-corrected chi connectivity index (χ2v) is 7.09. The van der Waals surface area contributed by atoms with Crippen molar-refractivity contribution >= 4 is 29.1 Å². The van der Waals surface area contributed by atoms with E-state index in [1.165, 1.54) is 4.90 Å². The van der Waals surface area contributed by atoms with Gasteiger partial charge >= 0.3 is 5.97 Å². The number of aliphatic hydroxyl groups excluding tert-OH is 1. The maximum absolute atomic E-state index is 12.6. The molecular weight excluding hydrogens is 386 g/mol. The summed E-state index contributed by atoms with van der Waals surface area (Å²) in [5.74, 6) is -3.15. The molecule has 3 rings (SSSR count). The van der Waals surface area contributed by atoms with Gasteiger partial charge < -0.3 is 25.5 Å². The average molecular weight is 403 g/mol. The SMILES string of the molecule is O=C(O)CNC(=O)C1=C(O)CCN(Cc2ccc(-c3cnc(O)s3)cc2)C1=O. The molecule has 0 spiro atoms. The molecule has 0 fully saturated rings. The number of rotatable bonds is 6. The lowest BCUT2D eigenvalue weighted by atomic mass is 10.0. The molecule has 2 amide bonds. The van der Waals surface area contributed by atoms with E-state index in [2.05, 4.69) is 10.3 Å². The van der Waals surface area contributed by atoms with Crippen molar-refractivity contribution in [3.05, 3.63) is 47.4 Å². The summed E-state index contributed by atoms with van der Waals surface area (Å²) >= 11 is 1.15. The van der Waals surface area contributed by atoms with Crippen LogP contribution in [0.1, 0.15) is 12.0 Å². The first-order chi connectivity index (χ1) is 13.3. The van der Waals surface area contributed by atoms with Gasteiger partial charge in [-0.2, -0.15) is 0 Å². The quantitative estimate of drug-likeness (QED) is 0.532. The van der Waals surface area contributed by atoms with Gasteiger partial charge in [0.15, 0.2) is 0 Å². The maximum Gasteiger partial charge on any atom is 0.322 e. The Hall–Kier alpha value is -3.40. The average Bonchev–Trinajstić information content (AvgIpc) is 3.09. The predicted molar refractivity (Wildman–Crippen MR) is 99.5 cm³/mol. The van der Waals surface area contributed by atoms with E-state index in [1.54, 1.807) is 6.20 Å². The molecule has 0 unspecified atom stereocenters. The first-order valence-corrected chi connectivity index (χ1v) is 9.12. The van der Waals surface area contributed by atoms with Crippen LogP contribution in [0.15, 0.2) is 41.8 Å². The van der Waals surface area contributed by atoms with Crippen LogP contribution in [0.5, 0.6) is 5.19 Å². The first-order valence-electron chi connectivity index (χ1n) is 8.30. The molecule has 1 aliphatic rings. The summed E-state index contributed by atoms with van der Waals surface area (Å²) in [4.78, 5) is 41.2. The molecular formula is C18H17N3O6S. The number of hydrogen-bond donors (Lipinski definition) is 4. The number of carboxylic acids is 1. The van der Waals surface area contributed by atoms with Gasteiger partial charge in [0.1, 0.15) is 17.9 Å². The van der Waals surface area contributed by atoms with Crippen molar-refractivity contribution < 1.29 is 29.7 Å². The minimum Gasteiger partial charge on any atom is -0.511 e. The molecule has 28 heavy (non-hydrogen) atoms. The Kier molecular flexibility index (Phi) is 5.59. The lowest BCUT2D eigenvalue weighted by Gasteiger charge is -2.28. The molecule has 0 saturated carbocycles. The van der Waals surface area contributed by atoms with Gasteiger partial charge in [0.25, 0.3) is 17.0 Å². The number of carboxylic acid groups (broad SMARTS) is 1. The number of carbonyl (C=O) groups is 3. The second kappa shape index (κ2) is 8.09. The third-order valence-electron chi connectivity index (χ3n) is 4.14. The molecule has 0 saturated heterocycles. The summed E-state index contributed by atoms with van der Waals surface area (Å²) in [6.45, 7) is -0.168. The largest absolute Gasteiger partial charge is 0.511 e. The molecule has 2 heterocycles. The van der Waals surface area contributed by atoms with Crippen molar-refractivity contribution in [2.75, 3.05) is 13.1 Å². The molecule has 9 nitrogen and oxygen atoms in total. The first kappa shape index (κ1) is 19.4. The molecule has 2 aromatic rings. The minimum absolute atomic E-state index is 0.0155. The van der Waals surface area contributed by atoms with Crippen LogP contribution >= 0.6 is 11.3 Å². The Morgan fingerprint density at radius 3 is 2.54 bits per heavy atom. The number of aliphatic carboxylic acids is 1. The highest BCUT2D eigenvalue weighted by molar-refractivity contribution is 7.16. The van der Waals surface area contributed by atoms with E-state index >= 15 is 0 Å². The molecule has 0 bridgehead atoms. The number of aromatic hydroxyl groups is 1. The summed E-state index contributed by atoms with van der Waals surface area (Å²) in [5, 5.41) is 30.0. The molecule has 146 valence electrons. The van der Waals surface area contributed by atoms with Gasteiger partial charge in [-0.15, -0.1) is 0 Å². The number of carbonyl (C=O) groups excluding carboxylic acids is 2. The normalized spacial score (nSPS) is 14.3. The third kappa shape index (κ3) is 4.29. The Morgan fingerprint density at radius 1 is 1.21 bits per heavy atom. The topological polar surface area (TPSA) is 140 Å². The van der Waals surface area contributed by atoms with E-state index < -0.39 is 29.9 Å². The van der Waals surface area contributed by atoms with Crippen LogP contribution in [0.3, 0.4) is 0 Å². The van der Waals surface area contributed by atoms with Crippen molar-refractivity contribution in [3.8, 4) is 15.6 Å². The van der Waals surface area contributed by atoms with Crippen LogP contribution in [-0.2, 0) is 20.9 Å². The van der Waals surface area contributed by atoms with Gasteiger partial charge in [-0.25, -0.2) is 4.98 Å². The van der Waals surface area contributed by atoms with E-state index in [1.807, 2.05) is 24.3 Å². The van der Waals surface area contributed by atoms with E-state index in [0.717, 1.165) is 27.3 Å². The Morgan fingerprint density at radius 2 is 1.93 bits per heavy atom. The van der Waals surface area contributed by atoms with E-state index in [9.17, 15) is 24.6 Å². The van der Waals surface area contributed by atoms with Crippen LogP contribution < -0.4 is 5.32 Å². The van der Waals surface area contributed by atoms with Crippen molar-refractivity contribution in [1.29, 1.82) is 0 Å². The summed E-state index contributed by atoms with van der Waals surface area (Å²) in [7, 11) is 0. The van der Waals surface area contributed by atoms with Crippen LogP contribution in [-0.4, -0.2) is 56.1 Å². The highest BCUT2D eigenvalue weighted by atomic mass is 32.1. The van der Waals surface area contributed by atoms with E-state index in [0.29, 0.717) is 0 Å². The van der Waals surface area contributed by atoms with Crippen molar-refractivity contribution in [1.82, 2.24) is 15.2 Å². The van der Waals surface area contributed by atoms with E-state index in [4.69, 9.17) is 5.11 Å². The Balaban J connectivity index is 1.70. The lowest BCUT2D eigenvalue weighted by Crippen LogP contribution is -2.43. The van der Waals surface area contributed by atoms with Gasteiger partial charge in [-0.1, -0.05) is 35.6 Å². The zero-order valence-corrected chi connectivity index (χ0v) is 15.4. The van der Waals surface area contributed by atoms with Gasteiger partial charge in [0.05, 0.1) is 4.88 Å². The standard InChI is InChI=1S/C18H17N3O6S/c22-12-5-6-21(17(26)15(12)16(25)19-8-14(23)24)9-10-1-3-11(4-2-10)13-7-20-18(27)28-13/h1-4,7,22H,5-6,8-9H2,(H,19,25)(H,20,27)(H,23,24). The number of hydrogen-bond acceptors (Lipinski definition) is 7. The van der Waals surface area contributed by atoms with Crippen molar-refractivity contribution in [3.63, 3.8) is 0 Å². The Labute approximate surface area is 163 Å². The molecule has 4 N–H and O–H groups in total. The number of amides is 2. The summed E-state index contributed by atoms with van der Waals surface area (Å²) in [6.07, 6.45) is 1.68. The van der Waals surface area contributed by atoms with Gasteiger partial charge in [-0.05, 0) is 11.1 Å². The number of benzene rings is 1. The van der Waals surface area contributed by atoms with Gasteiger partial charge in [0, 0.05) is 25.7 Å². The number of nitrogens with zero attached hydrogens (tertiary/aromatic N) is 2. The minimum atomic E-state index is -1.25. The Bertz CT molecular complexity index is 950. The van der Waals surface area contributed by atoms with Crippen LogP contribution in [0.25, 0.3) is 10.4 Å². The highest BCUT2D eigenvalue weighted by Crippen LogP contribution is 2.29. The predicted octanol–water partition coefficient (Wildman–Crippen LogP) is 1.26. The molecule has 1 aromatic heterocycles. The zero-order valence-electron chi connectivity index (χ0n) is 14.6. The van der Waals surface area contributed by atoms with E-state index in [-0.39, 0.29) is 30.5 Å².